The molecule has 3 rings (SSSR count). The van der Waals surface area contributed by atoms with E-state index in [4.69, 9.17) is 4.74 Å². The molecule has 0 saturated heterocycles. The van der Waals surface area contributed by atoms with Crippen molar-refractivity contribution in [2.45, 2.75) is 24.0 Å². The molecule has 2 heterocycles. The molecule has 0 aliphatic carbocycles. The highest BCUT2D eigenvalue weighted by Gasteiger charge is 2.34. The second-order valence-corrected chi connectivity index (χ2v) is 9.27. The molecule has 2 aromatic heterocycles. The summed E-state index contributed by atoms with van der Waals surface area (Å²) in [6.07, 6.45) is -3.32. The van der Waals surface area contributed by atoms with Crippen LogP contribution in [0.4, 0.5) is 13.2 Å². The molecule has 1 amide bonds. The summed E-state index contributed by atoms with van der Waals surface area (Å²) in [4.78, 5) is 46.5. The maximum absolute atomic E-state index is 13.4. The van der Waals surface area contributed by atoms with E-state index in [1.165, 1.54) is 33.3 Å². The zero-order valence-electron chi connectivity index (χ0n) is 19.5. The van der Waals surface area contributed by atoms with Crippen LogP contribution in [0.15, 0.2) is 46.9 Å². The lowest BCUT2D eigenvalue weighted by Gasteiger charge is -2.18. The van der Waals surface area contributed by atoms with Crippen molar-refractivity contribution in [1.29, 1.82) is 0 Å². The molecule has 2 atom stereocenters. The number of para-hydroxylation sites is 2. The van der Waals surface area contributed by atoms with Crippen LogP contribution in [0.1, 0.15) is 16.1 Å². The first-order valence-corrected chi connectivity index (χ1v) is 11.8. The molecule has 10 nitrogen and oxygen atoms in total. The van der Waals surface area contributed by atoms with E-state index >= 15 is 0 Å². The van der Waals surface area contributed by atoms with E-state index in [-0.39, 0.29) is 33.4 Å². The molecule has 0 aliphatic heterocycles. The van der Waals surface area contributed by atoms with E-state index in [0.717, 1.165) is 9.47 Å². The summed E-state index contributed by atoms with van der Waals surface area (Å²) in [7, 11) is 0.809. The second-order valence-electron chi connectivity index (χ2n) is 7.93. The van der Waals surface area contributed by atoms with Crippen LogP contribution in [-0.4, -0.2) is 68.9 Å². The lowest BCUT2D eigenvalue weighted by Crippen LogP contribution is -2.39. The maximum atomic E-state index is 13.4. The van der Waals surface area contributed by atoms with Crippen molar-refractivity contribution in [3.05, 3.63) is 52.7 Å². The number of alkyl halides is 3. The molecule has 0 fully saturated rings. The van der Waals surface area contributed by atoms with Gasteiger partial charge in [-0.1, -0.05) is 17.3 Å². The van der Waals surface area contributed by atoms with Crippen molar-refractivity contribution in [2.75, 3.05) is 27.2 Å². The van der Waals surface area contributed by atoms with Gasteiger partial charge >= 0.3 is 6.18 Å². The monoisotopic (exact) mass is 525 g/mol. The Hall–Kier alpha value is -3.68. The maximum Gasteiger partial charge on any atom is 0.422 e. The molecular weight excluding hydrogens is 503 g/mol. The van der Waals surface area contributed by atoms with Gasteiger partial charge in [-0.3, -0.25) is 23.3 Å². The summed E-state index contributed by atoms with van der Waals surface area (Å²) < 4.78 is 57.0. The van der Waals surface area contributed by atoms with Crippen molar-refractivity contribution in [3.8, 4) is 5.75 Å². The van der Waals surface area contributed by atoms with E-state index < -0.39 is 47.9 Å². The number of amides is 1. The van der Waals surface area contributed by atoms with Crippen LogP contribution in [0.5, 0.6) is 5.75 Å². The Morgan fingerprint density at radius 3 is 2.56 bits per heavy atom. The fraction of sp³-hybridized carbons (Fsp3) is 0.364. The molecule has 3 aromatic rings. The van der Waals surface area contributed by atoms with Gasteiger partial charge in [0.05, 0.1) is 33.3 Å². The first kappa shape index (κ1) is 26.9. The summed E-state index contributed by atoms with van der Waals surface area (Å²) in [6.45, 7) is -0.661. The van der Waals surface area contributed by atoms with Crippen LogP contribution < -0.4 is 4.74 Å². The van der Waals surface area contributed by atoms with Gasteiger partial charge in [-0.2, -0.15) is 18.1 Å². The molecule has 192 valence electrons. The normalized spacial score (nSPS) is 13.3. The van der Waals surface area contributed by atoms with E-state index in [0.29, 0.717) is 5.52 Å². The summed E-state index contributed by atoms with van der Waals surface area (Å²) >= 11 is 0. The minimum atomic E-state index is -4.54. The minimum Gasteiger partial charge on any atom is -0.484 e. The molecule has 0 radical (unpaired) electrons. The Kier molecular flexibility index (Phi) is 8.17. The summed E-state index contributed by atoms with van der Waals surface area (Å²) in [5.41, 5.74) is 1.00. The highest BCUT2D eigenvalue weighted by Crippen LogP contribution is 2.26. The first-order chi connectivity index (χ1) is 16.9. The quantitative estimate of drug-likeness (QED) is 0.311. The molecule has 0 N–H and O–H groups in total. The molecule has 36 heavy (non-hydrogen) atoms. The molecule has 0 spiro atoms. The number of ether oxygens (including phenoxy) is 1. The average Bonchev–Trinajstić information content (AvgIpc) is 3.21. The molecular formula is C22H22F3N5O5S. The Morgan fingerprint density at radius 1 is 1.22 bits per heavy atom. The van der Waals surface area contributed by atoms with Gasteiger partial charge in [0.25, 0.3) is 0 Å². The number of imidazole rings is 1. The number of nitroso groups, excluding NO2 is 1. The number of rotatable bonds is 9. The number of pyridine rings is 1. The van der Waals surface area contributed by atoms with E-state index in [1.54, 1.807) is 24.3 Å². The van der Waals surface area contributed by atoms with Crippen molar-refractivity contribution >= 4 is 33.6 Å². The topological polar surface area (TPSA) is 124 Å². The number of carbonyl (C=O) groups is 2. The zero-order chi connectivity index (χ0) is 26.6. The van der Waals surface area contributed by atoms with Gasteiger partial charge in [0.2, 0.25) is 17.0 Å². The number of hydrogen-bond donors (Lipinski definition) is 0. The Bertz CT molecular complexity index is 1330. The number of carbonyl (C=O) groups excluding carboxylic acids is 2. The van der Waals surface area contributed by atoms with E-state index in [9.17, 15) is 31.9 Å². The fourth-order valence-corrected chi connectivity index (χ4v) is 4.64. The van der Waals surface area contributed by atoms with E-state index in [1.807, 2.05) is 0 Å². The van der Waals surface area contributed by atoms with Crippen LogP contribution >= 0.6 is 0 Å². The van der Waals surface area contributed by atoms with Crippen molar-refractivity contribution in [2.24, 2.45) is 11.1 Å². The summed E-state index contributed by atoms with van der Waals surface area (Å²) in [5.74, 6) is -3.35. The lowest BCUT2D eigenvalue weighted by atomic mass is 10.1. The second kappa shape index (κ2) is 10.9. The standard InChI is InChI=1S/C22H22F3N5O5S/c1-13-16(26-9-8-18(13)35-12-22(23,24)25)11-36(34)21-28-15-6-4-5-7-17(15)30(21)20(32)14(10-27-33)19(31)29(2)3/h4-9,14H,10-12H2,1-3H3. The molecule has 0 saturated carbocycles. The van der Waals surface area contributed by atoms with Crippen molar-refractivity contribution in [1.82, 2.24) is 19.4 Å². The highest BCUT2D eigenvalue weighted by atomic mass is 32.2. The summed E-state index contributed by atoms with van der Waals surface area (Å²) in [5, 5.41) is 2.51. The van der Waals surface area contributed by atoms with Gasteiger partial charge in [-0.15, -0.1) is 0 Å². The zero-order valence-corrected chi connectivity index (χ0v) is 20.3. The third-order valence-electron chi connectivity index (χ3n) is 5.17. The Morgan fingerprint density at radius 2 is 1.92 bits per heavy atom. The molecule has 0 aliphatic rings. The predicted molar refractivity (Wildman–Crippen MR) is 124 cm³/mol. The Balaban J connectivity index is 2.01. The number of halogens is 3. The van der Waals surface area contributed by atoms with Crippen LogP contribution in [-0.2, 0) is 21.3 Å². The number of benzene rings is 1. The fourth-order valence-electron chi connectivity index (χ4n) is 3.38. The number of hydrogen-bond acceptors (Lipinski definition) is 8. The average molecular weight is 526 g/mol. The van der Waals surface area contributed by atoms with Gasteiger partial charge in [0.15, 0.2) is 6.61 Å². The van der Waals surface area contributed by atoms with Crippen LogP contribution in [0, 0.1) is 17.7 Å². The molecule has 2 unspecified atom stereocenters. The predicted octanol–water partition coefficient (Wildman–Crippen LogP) is 3.10. The van der Waals surface area contributed by atoms with Crippen LogP contribution in [0.2, 0.25) is 0 Å². The van der Waals surface area contributed by atoms with Gasteiger partial charge in [-0.05, 0) is 25.1 Å². The van der Waals surface area contributed by atoms with Crippen LogP contribution in [0.25, 0.3) is 11.0 Å². The van der Waals surface area contributed by atoms with Gasteiger partial charge < -0.3 is 9.64 Å². The number of nitrogens with zero attached hydrogens (tertiary/aromatic N) is 5. The highest BCUT2D eigenvalue weighted by molar-refractivity contribution is 7.84. The number of aromatic nitrogens is 3. The van der Waals surface area contributed by atoms with Crippen molar-refractivity contribution < 1.29 is 31.7 Å². The van der Waals surface area contributed by atoms with Crippen molar-refractivity contribution in [3.63, 3.8) is 0 Å². The van der Waals surface area contributed by atoms with Crippen LogP contribution in [0.3, 0.4) is 0 Å². The smallest absolute Gasteiger partial charge is 0.422 e. The molecule has 14 heteroatoms. The number of fused-ring (bicyclic) bond motifs is 1. The van der Waals surface area contributed by atoms with Gasteiger partial charge in [0.1, 0.15) is 18.2 Å². The first-order valence-electron chi connectivity index (χ1n) is 10.5. The lowest BCUT2D eigenvalue weighted by molar-refractivity contribution is -0.153. The van der Waals surface area contributed by atoms with E-state index in [2.05, 4.69) is 15.1 Å². The minimum absolute atomic E-state index is 0.0763. The third-order valence-corrected chi connectivity index (χ3v) is 6.38. The van der Waals surface area contributed by atoms with Gasteiger partial charge in [0, 0.05) is 25.9 Å². The SMILES string of the molecule is Cc1c(OCC(F)(F)F)ccnc1CS(=O)c1nc2ccccc2n1C(=O)C(CN=O)C(=O)N(C)C. The summed E-state index contributed by atoms with van der Waals surface area (Å²) in [6, 6.07) is 7.65. The molecule has 1 aromatic carbocycles. The Labute approximate surface area is 205 Å². The van der Waals surface area contributed by atoms with Gasteiger partial charge in [-0.25, -0.2) is 4.98 Å². The largest absolute Gasteiger partial charge is 0.484 e. The molecule has 0 bridgehead atoms. The third kappa shape index (κ3) is 5.93.